The minimum atomic E-state index is -1.53. The molecular formula is C50H76N10O23. The van der Waals surface area contributed by atoms with Crippen LogP contribution in [0, 0.1) is 23.2 Å². The lowest BCUT2D eigenvalue weighted by Crippen LogP contribution is -2.64. The molecule has 0 saturated carbocycles. The number of rotatable bonds is 37. The van der Waals surface area contributed by atoms with Gasteiger partial charge in [0.15, 0.2) is 42.4 Å². The summed E-state index contributed by atoms with van der Waals surface area (Å²) < 4.78 is 80.5. The van der Waals surface area contributed by atoms with Gasteiger partial charge >= 0.3 is 36.4 Å². The van der Waals surface area contributed by atoms with Crippen LogP contribution in [0.15, 0.2) is 23.7 Å². The van der Waals surface area contributed by atoms with Crippen molar-refractivity contribution in [3.8, 4) is 12.3 Å². The lowest BCUT2D eigenvalue weighted by atomic mass is 9.91. The molecule has 0 aromatic heterocycles. The van der Waals surface area contributed by atoms with E-state index in [9.17, 15) is 38.4 Å². The first-order valence-electron chi connectivity index (χ1n) is 26.5. The van der Waals surface area contributed by atoms with Crippen LogP contribution in [0.2, 0.25) is 0 Å². The van der Waals surface area contributed by atoms with Crippen molar-refractivity contribution in [2.45, 2.75) is 100 Å². The Balaban J connectivity index is 1.28. The van der Waals surface area contributed by atoms with Gasteiger partial charge in [-0.3, -0.25) is 20.4 Å². The van der Waals surface area contributed by atoms with Crippen LogP contribution in [0.25, 0.3) is 0 Å². The second-order valence-corrected chi connectivity index (χ2v) is 18.3. The molecule has 4 aliphatic rings. The van der Waals surface area contributed by atoms with Crippen LogP contribution in [0.1, 0.15) is 45.4 Å². The van der Waals surface area contributed by atoms with Crippen LogP contribution < -0.4 is 38.1 Å². The number of amides is 4. The molecule has 11 N–H and O–H groups in total. The number of nitrogens with two attached hydrogens (primary N) is 2. The number of hydrogen-bond donors (Lipinski definition) is 9. The largest absolute Gasteiger partial charge is 0.508 e. The maximum absolute atomic E-state index is 13.5. The van der Waals surface area contributed by atoms with Gasteiger partial charge in [0.1, 0.15) is 25.9 Å². The Bertz CT molecular complexity index is 2290. The van der Waals surface area contributed by atoms with Crippen LogP contribution in [0.4, 0.5) is 19.2 Å². The van der Waals surface area contributed by atoms with Crippen molar-refractivity contribution < 1.29 is 109 Å². The van der Waals surface area contributed by atoms with Crippen LogP contribution in [0.5, 0.6) is 0 Å². The summed E-state index contributed by atoms with van der Waals surface area (Å²) in [7, 11) is 2.23. The highest BCUT2D eigenvalue weighted by Gasteiger charge is 2.50. The van der Waals surface area contributed by atoms with Gasteiger partial charge in [0.2, 0.25) is 23.3 Å². The zero-order valence-electron chi connectivity index (χ0n) is 46.5. The average molecular weight is 1190 g/mol. The molecule has 2 fully saturated rings. The highest BCUT2D eigenvalue weighted by atomic mass is 16.8. The first-order valence-corrected chi connectivity index (χ1v) is 26.5. The van der Waals surface area contributed by atoms with E-state index < -0.39 is 116 Å². The monoisotopic (exact) mass is 1180 g/mol. The summed E-state index contributed by atoms with van der Waals surface area (Å²) in [6.45, 7) is 3.31. The molecule has 33 nitrogen and oxygen atoms in total. The van der Waals surface area contributed by atoms with Gasteiger partial charge < -0.3 is 114 Å². The normalized spacial score (nSPS) is 21.3. The minimum Gasteiger partial charge on any atom is -0.479 e. The summed E-state index contributed by atoms with van der Waals surface area (Å²) in [4.78, 5) is 103. The van der Waals surface area contributed by atoms with Crippen LogP contribution in [0.3, 0.4) is 0 Å². The molecule has 0 bridgehead atoms. The predicted molar refractivity (Wildman–Crippen MR) is 281 cm³/mol. The van der Waals surface area contributed by atoms with Crippen LogP contribution >= 0.6 is 0 Å². The van der Waals surface area contributed by atoms with E-state index in [4.69, 9.17) is 99.8 Å². The molecule has 83 heavy (non-hydrogen) atoms. The van der Waals surface area contributed by atoms with Crippen molar-refractivity contribution in [2.24, 2.45) is 11.5 Å². The van der Waals surface area contributed by atoms with E-state index in [1.165, 1.54) is 19.1 Å². The number of methoxy groups -OCH3 is 2. The van der Waals surface area contributed by atoms with Gasteiger partial charge in [-0.25, -0.2) is 28.8 Å². The van der Waals surface area contributed by atoms with Gasteiger partial charge in [0, 0.05) is 39.5 Å². The third-order valence-electron chi connectivity index (χ3n) is 12.2. The van der Waals surface area contributed by atoms with Gasteiger partial charge in [-0.15, -0.1) is 6.42 Å². The molecule has 0 aromatic carbocycles. The van der Waals surface area contributed by atoms with Gasteiger partial charge in [0.05, 0.1) is 98.2 Å². The summed E-state index contributed by atoms with van der Waals surface area (Å²) in [5.74, 6) is -1.77. The molecular weight excluding hydrogens is 1110 g/mol. The molecule has 0 radical (unpaired) electrons. The number of carbonyl (C=O) groups excluding carboxylic acids is 8. The Morgan fingerprint density at radius 1 is 0.663 bits per heavy atom. The molecule has 0 aliphatic carbocycles. The molecule has 464 valence electrons. The summed E-state index contributed by atoms with van der Waals surface area (Å²) in [6.07, 6.45) is -1.49. The van der Waals surface area contributed by atoms with E-state index in [0.717, 1.165) is 14.2 Å². The Morgan fingerprint density at radius 2 is 1.22 bits per heavy atom. The fraction of sp³-hybridized carbons (Fsp3) is 0.680. The molecule has 0 unspecified atom stereocenters. The Labute approximate surface area is 478 Å². The number of alkyl carbamates (subject to hydrolysis) is 2. The number of guanidine groups is 2. The molecule has 4 aliphatic heterocycles. The first-order chi connectivity index (χ1) is 39.9. The predicted octanol–water partition coefficient (Wildman–Crippen LogP) is -1.75. The second-order valence-electron chi connectivity index (χ2n) is 18.3. The van der Waals surface area contributed by atoms with Crippen molar-refractivity contribution in [3.63, 3.8) is 0 Å². The number of carbonyl (C=O) groups is 8. The number of nitrogens with zero attached hydrogens (tertiary/aromatic N) is 1. The number of esters is 2. The van der Waals surface area contributed by atoms with Gasteiger partial charge in [0.25, 0.3) is 0 Å². The van der Waals surface area contributed by atoms with E-state index in [2.05, 4.69) is 32.5 Å². The summed E-state index contributed by atoms with van der Waals surface area (Å²) in [5, 5.41) is 28.6. The van der Waals surface area contributed by atoms with E-state index in [1.54, 1.807) is 4.90 Å². The molecule has 4 rings (SSSR count). The van der Waals surface area contributed by atoms with Crippen molar-refractivity contribution in [2.75, 3.05) is 120 Å². The molecule has 9 atom stereocenters. The third kappa shape index (κ3) is 24.9. The second kappa shape index (κ2) is 37.1. The van der Waals surface area contributed by atoms with Gasteiger partial charge in [-0.2, -0.15) is 0 Å². The number of unbranched alkanes of at least 4 members (excludes halogenated alkanes) is 3. The molecule has 0 aromatic rings. The van der Waals surface area contributed by atoms with Crippen LogP contribution in [-0.2, 0) is 90.2 Å². The number of ether oxygens (including phenoxy) is 15. The minimum absolute atomic E-state index is 0.0449. The zero-order valence-corrected chi connectivity index (χ0v) is 46.5. The maximum Gasteiger partial charge on any atom is 0.508 e. The van der Waals surface area contributed by atoms with E-state index in [1.807, 2.05) is 0 Å². The van der Waals surface area contributed by atoms with Gasteiger partial charge in [-0.05, 0) is 25.0 Å². The standard InChI is InChI=1S/C50H76N10O23/c1-5-15-71-19-21-74-23-24-75-22-20-72-16-10-38(62)60(13-9-7-6-8-11-55-47(65)82-40(36-28-76-49(67)80-36)33-25-31(58-45(51)52)26-34(78-33)43(63)69-3)14-18-73-17-12-56-48(66)83-41(37-29-77-50(68)81-37)42-39(57-30(2)61)32(59-46(53)54)27-35(79-42)44(64)70-4/h1,26-27,31-33,36-37,39-42H,6-25,28-29H2,2-4H3,(H,55,65)(H,56,66)(H,57,61)(H4,51,52,58)(H4,53,54,59)/t31-,32+,33-,36-,37-,39-,40+,41-,42-/m1/s1. The average Bonchev–Trinajstić information content (AvgIpc) is 4.21. The highest BCUT2D eigenvalue weighted by Crippen LogP contribution is 2.30. The maximum atomic E-state index is 13.5. The van der Waals surface area contributed by atoms with Gasteiger partial charge in [-0.1, -0.05) is 18.8 Å². The number of hydrogen-bond acceptors (Lipinski definition) is 25. The first kappa shape index (κ1) is 67.4. The molecule has 4 heterocycles. The molecule has 33 heteroatoms. The molecule has 4 amide bonds. The van der Waals surface area contributed by atoms with Crippen molar-refractivity contribution in [3.05, 3.63) is 23.7 Å². The fourth-order valence-electron chi connectivity index (χ4n) is 8.43. The lowest BCUT2D eigenvalue weighted by Gasteiger charge is -2.41. The van der Waals surface area contributed by atoms with E-state index in [0.29, 0.717) is 58.7 Å². The summed E-state index contributed by atoms with van der Waals surface area (Å²) in [5.41, 5.74) is 11.1. The Morgan fingerprint density at radius 3 is 1.80 bits per heavy atom. The van der Waals surface area contributed by atoms with Crippen LogP contribution in [-0.4, -0.2) is 239 Å². The topological polar surface area (TPSA) is 438 Å². The zero-order chi connectivity index (χ0) is 60.5. The smallest absolute Gasteiger partial charge is 0.479 e. The van der Waals surface area contributed by atoms with E-state index in [-0.39, 0.29) is 96.1 Å². The summed E-state index contributed by atoms with van der Waals surface area (Å²) in [6, 6.07) is -2.95. The summed E-state index contributed by atoms with van der Waals surface area (Å²) >= 11 is 0. The van der Waals surface area contributed by atoms with Crippen molar-refractivity contribution in [1.82, 2.24) is 31.5 Å². The fourth-order valence-corrected chi connectivity index (χ4v) is 8.43. The number of terminal acetylenes is 1. The third-order valence-corrected chi connectivity index (χ3v) is 12.2. The number of nitrogens with one attached hydrogen (secondary N) is 7. The highest BCUT2D eigenvalue weighted by molar-refractivity contribution is 5.87. The SMILES string of the molecule is C#CCOCCOCCOCCOCCC(=O)N(CCCCCCNC(=O)O[C@H]([C@H]1COC(=O)O1)[C@H]1C[C@@H](NC(=N)N)C=C(C(=O)OC)O1)CCOCCNC(=O)O[C@@H]([C@@H]1OC(C(=O)OC)=C[C@H](NC(=N)N)[C@H]1NC(C)=O)[C@H]1COC(=O)O1. The van der Waals surface area contributed by atoms with E-state index >= 15 is 0 Å². The molecule has 0 spiro atoms. The van der Waals surface area contributed by atoms with Crippen molar-refractivity contribution in [1.29, 1.82) is 10.8 Å². The quantitative estimate of drug-likeness (QED) is 0.00832. The molecule has 2 saturated heterocycles. The number of cyclic esters (lactones) is 4. The Hall–Kier alpha value is -8.06. The van der Waals surface area contributed by atoms with Crippen molar-refractivity contribution >= 4 is 60.2 Å². The lowest BCUT2D eigenvalue weighted by molar-refractivity contribution is -0.147. The Kier molecular flexibility index (Phi) is 30.2.